The minimum atomic E-state index is -0.287. The van der Waals surface area contributed by atoms with E-state index in [1.54, 1.807) is 6.20 Å². The van der Waals surface area contributed by atoms with E-state index < -0.39 is 0 Å². The number of imidazole rings is 1. The van der Waals surface area contributed by atoms with E-state index in [0.29, 0.717) is 12.2 Å². The molecule has 0 radical (unpaired) electrons. The molecule has 0 aromatic carbocycles. The first kappa shape index (κ1) is 12.3. The topological polar surface area (TPSA) is 46.9 Å². The molecule has 0 aliphatic carbocycles. The van der Waals surface area contributed by atoms with Gasteiger partial charge in [-0.2, -0.15) is 0 Å². The fourth-order valence-electron chi connectivity index (χ4n) is 2.65. The van der Waals surface area contributed by atoms with Gasteiger partial charge in [-0.1, -0.05) is 6.92 Å². The number of aryl methyl sites for hydroxylation is 1. The first-order valence-corrected chi connectivity index (χ1v) is 6.50. The minimum absolute atomic E-state index is 0.287. The van der Waals surface area contributed by atoms with Crippen molar-refractivity contribution in [3.05, 3.63) is 18.2 Å². The van der Waals surface area contributed by atoms with E-state index in [0.717, 1.165) is 38.2 Å². The van der Waals surface area contributed by atoms with Gasteiger partial charge >= 0.3 is 0 Å². The third-order valence-corrected chi connectivity index (χ3v) is 3.84. The number of carbonyl (C=O) groups excluding carboxylic acids is 1. The van der Waals surface area contributed by atoms with Crippen LogP contribution < -0.4 is 5.32 Å². The molecular formula is C13H21N3O. The third-order valence-electron chi connectivity index (χ3n) is 3.84. The van der Waals surface area contributed by atoms with E-state index in [1.807, 2.05) is 10.8 Å². The number of aromatic nitrogens is 2. The van der Waals surface area contributed by atoms with Crippen LogP contribution in [-0.4, -0.2) is 27.4 Å². The number of hydrogen-bond acceptors (Lipinski definition) is 3. The summed E-state index contributed by atoms with van der Waals surface area (Å²) in [6.45, 7) is 5.98. The standard InChI is InChI=1S/C13H21N3O/c1-3-13(6-5-7-15-13)11(17)10-12-14-8-9-16(12)4-2/h8-9,15H,3-7,10H2,1-2H3. The molecule has 0 spiro atoms. The highest BCUT2D eigenvalue weighted by Gasteiger charge is 2.38. The zero-order chi connectivity index (χ0) is 12.3. The van der Waals surface area contributed by atoms with Gasteiger partial charge < -0.3 is 9.88 Å². The van der Waals surface area contributed by atoms with Gasteiger partial charge in [0.05, 0.1) is 12.0 Å². The molecular weight excluding hydrogens is 214 g/mol. The molecule has 1 atom stereocenters. The maximum Gasteiger partial charge on any atom is 0.160 e. The Morgan fingerprint density at radius 1 is 1.59 bits per heavy atom. The van der Waals surface area contributed by atoms with Crippen molar-refractivity contribution >= 4 is 5.78 Å². The summed E-state index contributed by atoms with van der Waals surface area (Å²) in [5.41, 5.74) is -0.287. The minimum Gasteiger partial charge on any atom is -0.335 e. The molecule has 94 valence electrons. The van der Waals surface area contributed by atoms with Gasteiger partial charge in [-0.15, -0.1) is 0 Å². The van der Waals surface area contributed by atoms with Crippen molar-refractivity contribution in [1.82, 2.24) is 14.9 Å². The van der Waals surface area contributed by atoms with Crippen molar-refractivity contribution in [1.29, 1.82) is 0 Å². The van der Waals surface area contributed by atoms with Crippen LogP contribution >= 0.6 is 0 Å². The molecule has 1 unspecified atom stereocenters. The third kappa shape index (κ3) is 2.27. The zero-order valence-electron chi connectivity index (χ0n) is 10.7. The van der Waals surface area contributed by atoms with E-state index in [9.17, 15) is 4.79 Å². The Morgan fingerprint density at radius 2 is 2.41 bits per heavy atom. The van der Waals surface area contributed by atoms with Crippen LogP contribution in [0.5, 0.6) is 0 Å². The Kier molecular flexibility index (Phi) is 3.62. The summed E-state index contributed by atoms with van der Waals surface area (Å²) >= 11 is 0. The Bertz CT molecular complexity index is 391. The highest BCUT2D eigenvalue weighted by Crippen LogP contribution is 2.25. The maximum atomic E-state index is 12.4. The predicted octanol–water partition coefficient (Wildman–Crippen LogP) is 1.55. The highest BCUT2D eigenvalue weighted by atomic mass is 16.1. The fraction of sp³-hybridized carbons (Fsp3) is 0.692. The molecule has 2 rings (SSSR count). The molecule has 1 aliphatic rings. The Balaban J connectivity index is 2.10. The van der Waals surface area contributed by atoms with E-state index in [1.165, 1.54) is 0 Å². The van der Waals surface area contributed by atoms with Gasteiger partial charge in [-0.25, -0.2) is 4.98 Å². The van der Waals surface area contributed by atoms with Crippen LogP contribution in [0.3, 0.4) is 0 Å². The molecule has 2 heterocycles. The first-order valence-electron chi connectivity index (χ1n) is 6.50. The molecule has 1 saturated heterocycles. The molecule has 1 aromatic heterocycles. The van der Waals surface area contributed by atoms with Crippen molar-refractivity contribution in [3.63, 3.8) is 0 Å². The van der Waals surface area contributed by atoms with Gasteiger partial charge in [-0.05, 0) is 32.7 Å². The number of nitrogens with zero attached hydrogens (tertiary/aromatic N) is 2. The van der Waals surface area contributed by atoms with Gasteiger partial charge in [0.25, 0.3) is 0 Å². The summed E-state index contributed by atoms with van der Waals surface area (Å²) in [6, 6.07) is 0. The molecule has 4 heteroatoms. The summed E-state index contributed by atoms with van der Waals surface area (Å²) in [6.07, 6.45) is 7.09. The second-order valence-electron chi connectivity index (χ2n) is 4.70. The van der Waals surface area contributed by atoms with Crippen molar-refractivity contribution in [2.45, 2.75) is 51.6 Å². The smallest absolute Gasteiger partial charge is 0.160 e. The number of rotatable bonds is 5. The molecule has 1 aliphatic heterocycles. The normalized spacial score (nSPS) is 24.1. The van der Waals surface area contributed by atoms with Crippen LogP contribution in [-0.2, 0) is 17.8 Å². The van der Waals surface area contributed by atoms with Gasteiger partial charge in [0.1, 0.15) is 5.82 Å². The average molecular weight is 235 g/mol. The van der Waals surface area contributed by atoms with E-state index in [2.05, 4.69) is 24.1 Å². The second-order valence-corrected chi connectivity index (χ2v) is 4.70. The van der Waals surface area contributed by atoms with Gasteiger partial charge in [0.2, 0.25) is 0 Å². The van der Waals surface area contributed by atoms with Crippen LogP contribution in [0.1, 0.15) is 38.9 Å². The summed E-state index contributed by atoms with van der Waals surface area (Å²) in [5, 5.41) is 3.38. The lowest BCUT2D eigenvalue weighted by Gasteiger charge is -2.26. The summed E-state index contributed by atoms with van der Waals surface area (Å²) in [4.78, 5) is 16.7. The zero-order valence-corrected chi connectivity index (χ0v) is 10.7. The monoisotopic (exact) mass is 235 g/mol. The van der Waals surface area contributed by atoms with E-state index in [-0.39, 0.29) is 5.54 Å². The van der Waals surface area contributed by atoms with Crippen LogP contribution in [0, 0.1) is 0 Å². The van der Waals surface area contributed by atoms with Gasteiger partial charge in [0.15, 0.2) is 5.78 Å². The number of ketones is 1. The van der Waals surface area contributed by atoms with Crippen molar-refractivity contribution in [3.8, 4) is 0 Å². The fourth-order valence-corrected chi connectivity index (χ4v) is 2.65. The van der Waals surface area contributed by atoms with Crippen LogP contribution in [0.25, 0.3) is 0 Å². The van der Waals surface area contributed by atoms with Crippen molar-refractivity contribution in [2.24, 2.45) is 0 Å². The largest absolute Gasteiger partial charge is 0.335 e. The second kappa shape index (κ2) is 5.00. The Hall–Kier alpha value is -1.16. The number of nitrogens with one attached hydrogen (secondary N) is 1. The highest BCUT2D eigenvalue weighted by molar-refractivity contribution is 5.90. The molecule has 1 fully saturated rings. The maximum absolute atomic E-state index is 12.4. The molecule has 4 nitrogen and oxygen atoms in total. The Morgan fingerprint density at radius 3 is 3.00 bits per heavy atom. The lowest BCUT2D eigenvalue weighted by Crippen LogP contribution is -2.48. The van der Waals surface area contributed by atoms with Crippen molar-refractivity contribution < 1.29 is 4.79 Å². The number of carbonyl (C=O) groups is 1. The van der Waals surface area contributed by atoms with Crippen LogP contribution in [0.2, 0.25) is 0 Å². The first-order chi connectivity index (χ1) is 8.22. The average Bonchev–Trinajstić information content (AvgIpc) is 2.97. The number of hydrogen-bond donors (Lipinski definition) is 1. The molecule has 0 bridgehead atoms. The van der Waals surface area contributed by atoms with E-state index >= 15 is 0 Å². The van der Waals surface area contributed by atoms with Crippen LogP contribution in [0.4, 0.5) is 0 Å². The Labute approximate surface area is 102 Å². The molecule has 17 heavy (non-hydrogen) atoms. The lowest BCUT2D eigenvalue weighted by atomic mass is 9.87. The molecule has 0 amide bonds. The van der Waals surface area contributed by atoms with Gasteiger partial charge in [0, 0.05) is 18.9 Å². The lowest BCUT2D eigenvalue weighted by molar-refractivity contribution is -0.124. The van der Waals surface area contributed by atoms with E-state index in [4.69, 9.17) is 0 Å². The summed E-state index contributed by atoms with van der Waals surface area (Å²) in [5.74, 6) is 1.18. The SMILES string of the molecule is CCn1ccnc1CC(=O)C1(CC)CCCN1. The summed E-state index contributed by atoms with van der Waals surface area (Å²) in [7, 11) is 0. The molecule has 1 aromatic rings. The van der Waals surface area contributed by atoms with Crippen LogP contribution in [0.15, 0.2) is 12.4 Å². The predicted molar refractivity (Wildman–Crippen MR) is 66.9 cm³/mol. The number of Topliss-reactive ketones (excluding diaryl/α,β-unsaturated/α-hetero) is 1. The molecule has 0 saturated carbocycles. The quantitative estimate of drug-likeness (QED) is 0.842. The summed E-state index contributed by atoms with van der Waals surface area (Å²) < 4.78 is 2.04. The molecule has 1 N–H and O–H groups in total. The van der Waals surface area contributed by atoms with Crippen molar-refractivity contribution in [2.75, 3.05) is 6.54 Å². The van der Waals surface area contributed by atoms with Gasteiger partial charge in [-0.3, -0.25) is 4.79 Å².